The van der Waals surface area contributed by atoms with Gasteiger partial charge in [0.25, 0.3) is 5.91 Å². The maximum Gasteiger partial charge on any atom is 0.270 e. The first kappa shape index (κ1) is 14.1. The van der Waals surface area contributed by atoms with Gasteiger partial charge in [0.05, 0.1) is 6.04 Å². The fourth-order valence-electron chi connectivity index (χ4n) is 1.53. The summed E-state index contributed by atoms with van der Waals surface area (Å²) >= 11 is 4.92. The molecule has 2 aromatic rings. The van der Waals surface area contributed by atoms with Gasteiger partial charge < -0.3 is 5.32 Å². The average molecular weight is 340 g/mol. The van der Waals surface area contributed by atoms with Gasteiger partial charge in [0.1, 0.15) is 10.7 Å². The minimum atomic E-state index is -0.187. The summed E-state index contributed by atoms with van der Waals surface area (Å²) in [5.74, 6) is -0.187. The van der Waals surface area contributed by atoms with E-state index in [2.05, 4.69) is 38.1 Å². The number of aryl methyl sites for hydroxylation is 1. The zero-order chi connectivity index (χ0) is 13.8. The summed E-state index contributed by atoms with van der Waals surface area (Å²) in [6, 6.07) is 3.37. The number of pyridine rings is 1. The predicted molar refractivity (Wildman–Crippen MR) is 79.3 cm³/mol. The van der Waals surface area contributed by atoms with Crippen molar-refractivity contribution >= 4 is 33.2 Å². The molecule has 0 aliphatic rings. The molecule has 1 amide bonds. The number of amides is 1. The van der Waals surface area contributed by atoms with E-state index in [4.69, 9.17) is 0 Å². The fraction of sp³-hybridized carbons (Fsp3) is 0.308. The summed E-state index contributed by atoms with van der Waals surface area (Å²) in [5.41, 5.74) is 0.405. The lowest BCUT2D eigenvalue weighted by atomic mass is 10.3. The van der Waals surface area contributed by atoms with Gasteiger partial charge in [-0.15, -0.1) is 11.3 Å². The highest BCUT2D eigenvalue weighted by molar-refractivity contribution is 9.10. The van der Waals surface area contributed by atoms with Crippen LogP contribution in [0.25, 0.3) is 0 Å². The quantitative estimate of drug-likeness (QED) is 0.929. The lowest BCUT2D eigenvalue weighted by Gasteiger charge is -2.10. The number of thiazole rings is 1. The van der Waals surface area contributed by atoms with Crippen LogP contribution in [0, 0.1) is 0 Å². The molecule has 0 bridgehead atoms. The number of carbonyl (C=O) groups is 1. The van der Waals surface area contributed by atoms with Gasteiger partial charge in [0.15, 0.2) is 0 Å². The van der Waals surface area contributed by atoms with Crippen LogP contribution in [-0.4, -0.2) is 15.9 Å². The first-order valence-electron chi connectivity index (χ1n) is 5.97. The van der Waals surface area contributed by atoms with Crippen LogP contribution in [0.5, 0.6) is 0 Å². The zero-order valence-electron chi connectivity index (χ0n) is 10.7. The molecule has 0 saturated carbocycles. The summed E-state index contributed by atoms with van der Waals surface area (Å²) in [5, 5.41) is 3.82. The summed E-state index contributed by atoms with van der Waals surface area (Å²) in [6.07, 6.45) is 4.44. The third-order valence-electron chi connectivity index (χ3n) is 2.60. The third-order valence-corrected chi connectivity index (χ3v) is 4.39. The van der Waals surface area contributed by atoms with Crippen molar-refractivity contribution in [3.05, 3.63) is 44.6 Å². The van der Waals surface area contributed by atoms with Gasteiger partial charge in [-0.2, -0.15) is 0 Å². The number of hydrogen-bond donors (Lipinski definition) is 1. The van der Waals surface area contributed by atoms with Gasteiger partial charge in [-0.05, 0) is 41.4 Å². The van der Waals surface area contributed by atoms with Gasteiger partial charge >= 0.3 is 0 Å². The highest BCUT2D eigenvalue weighted by Gasteiger charge is 2.15. The number of hydrogen-bond acceptors (Lipinski definition) is 4. The van der Waals surface area contributed by atoms with Crippen molar-refractivity contribution in [1.29, 1.82) is 0 Å². The van der Waals surface area contributed by atoms with E-state index in [9.17, 15) is 4.79 Å². The van der Waals surface area contributed by atoms with Gasteiger partial charge in [-0.25, -0.2) is 9.97 Å². The van der Waals surface area contributed by atoms with Crippen molar-refractivity contribution in [2.24, 2.45) is 0 Å². The standard InChI is InChI=1S/C13H14BrN3OS/c1-3-10-7-16-13(19-10)8(2)17-12(18)11-5-4-9(14)6-15-11/h4-8H,3H2,1-2H3,(H,17,18). The molecular weight excluding hydrogens is 326 g/mol. The van der Waals surface area contributed by atoms with Crippen LogP contribution in [-0.2, 0) is 6.42 Å². The maximum atomic E-state index is 12.0. The summed E-state index contributed by atoms with van der Waals surface area (Å²) in [7, 11) is 0. The van der Waals surface area contributed by atoms with Crippen LogP contribution in [0.2, 0.25) is 0 Å². The summed E-state index contributed by atoms with van der Waals surface area (Å²) < 4.78 is 0.851. The Morgan fingerprint density at radius 3 is 2.79 bits per heavy atom. The molecule has 4 nitrogen and oxygen atoms in total. The Bertz CT molecular complexity index is 568. The second kappa shape index (κ2) is 6.25. The molecule has 0 fully saturated rings. The molecule has 0 aliphatic heterocycles. The number of rotatable bonds is 4. The first-order chi connectivity index (χ1) is 9.10. The minimum absolute atomic E-state index is 0.108. The molecule has 19 heavy (non-hydrogen) atoms. The van der Waals surface area contributed by atoms with Crippen molar-refractivity contribution in [3.63, 3.8) is 0 Å². The van der Waals surface area contributed by atoms with E-state index in [-0.39, 0.29) is 11.9 Å². The third kappa shape index (κ3) is 3.61. The normalized spacial score (nSPS) is 12.2. The molecule has 1 N–H and O–H groups in total. The van der Waals surface area contributed by atoms with Gasteiger partial charge in [0, 0.05) is 21.7 Å². The SMILES string of the molecule is CCc1cnc(C(C)NC(=O)c2ccc(Br)cn2)s1. The van der Waals surface area contributed by atoms with Crippen LogP contribution >= 0.6 is 27.3 Å². The molecule has 2 rings (SSSR count). The lowest BCUT2D eigenvalue weighted by Crippen LogP contribution is -2.27. The van der Waals surface area contributed by atoms with Crippen molar-refractivity contribution in [2.75, 3.05) is 0 Å². The second-order valence-corrected chi connectivity index (χ2v) is 6.14. The molecule has 0 aromatic carbocycles. The number of carbonyl (C=O) groups excluding carboxylic acids is 1. The van der Waals surface area contributed by atoms with Crippen molar-refractivity contribution in [2.45, 2.75) is 26.3 Å². The van der Waals surface area contributed by atoms with E-state index in [1.807, 2.05) is 13.1 Å². The molecule has 0 aliphatic carbocycles. The Morgan fingerprint density at radius 2 is 2.21 bits per heavy atom. The largest absolute Gasteiger partial charge is 0.342 e. The number of halogens is 1. The first-order valence-corrected chi connectivity index (χ1v) is 7.58. The monoisotopic (exact) mass is 339 g/mol. The Hall–Kier alpha value is -1.27. The number of aromatic nitrogens is 2. The highest BCUT2D eigenvalue weighted by Crippen LogP contribution is 2.20. The molecule has 1 atom stereocenters. The predicted octanol–water partition coefficient (Wildman–Crippen LogP) is 3.35. The summed E-state index contributed by atoms with van der Waals surface area (Å²) in [4.78, 5) is 21.6. The van der Waals surface area contributed by atoms with Crippen molar-refractivity contribution in [3.8, 4) is 0 Å². The molecule has 1 unspecified atom stereocenters. The Kier molecular flexibility index (Phi) is 4.66. The molecular formula is C13H14BrN3OS. The van der Waals surface area contributed by atoms with Gasteiger partial charge in [-0.3, -0.25) is 4.79 Å². The Morgan fingerprint density at radius 1 is 1.42 bits per heavy atom. The molecule has 0 radical (unpaired) electrons. The topological polar surface area (TPSA) is 54.9 Å². The van der Waals surface area contributed by atoms with E-state index < -0.39 is 0 Å². The molecule has 0 spiro atoms. The van der Waals surface area contributed by atoms with Crippen LogP contribution in [0.4, 0.5) is 0 Å². The lowest BCUT2D eigenvalue weighted by molar-refractivity contribution is 0.0935. The van der Waals surface area contributed by atoms with Gasteiger partial charge in [0.2, 0.25) is 0 Å². The fourth-order valence-corrected chi connectivity index (χ4v) is 2.62. The molecule has 6 heteroatoms. The maximum absolute atomic E-state index is 12.0. The van der Waals surface area contributed by atoms with Crippen LogP contribution in [0.15, 0.2) is 29.0 Å². The van der Waals surface area contributed by atoms with E-state index in [1.54, 1.807) is 29.7 Å². The van der Waals surface area contributed by atoms with Crippen LogP contribution < -0.4 is 5.32 Å². The average Bonchev–Trinajstić information content (AvgIpc) is 2.88. The van der Waals surface area contributed by atoms with Crippen LogP contribution in [0.1, 0.15) is 40.3 Å². The smallest absolute Gasteiger partial charge is 0.270 e. The van der Waals surface area contributed by atoms with Crippen LogP contribution in [0.3, 0.4) is 0 Å². The summed E-state index contributed by atoms with van der Waals surface area (Å²) in [6.45, 7) is 4.02. The highest BCUT2D eigenvalue weighted by atomic mass is 79.9. The molecule has 0 saturated heterocycles. The van der Waals surface area contributed by atoms with E-state index in [0.29, 0.717) is 5.69 Å². The van der Waals surface area contributed by atoms with E-state index in [1.165, 1.54) is 4.88 Å². The number of nitrogens with one attached hydrogen (secondary N) is 1. The van der Waals surface area contributed by atoms with E-state index in [0.717, 1.165) is 15.9 Å². The minimum Gasteiger partial charge on any atom is -0.342 e. The molecule has 2 aromatic heterocycles. The molecule has 2 heterocycles. The van der Waals surface area contributed by atoms with Crippen molar-refractivity contribution in [1.82, 2.24) is 15.3 Å². The Labute approximate surface area is 124 Å². The van der Waals surface area contributed by atoms with Crippen molar-refractivity contribution < 1.29 is 4.79 Å². The number of nitrogens with zero attached hydrogens (tertiary/aromatic N) is 2. The van der Waals surface area contributed by atoms with Gasteiger partial charge in [-0.1, -0.05) is 6.92 Å². The Balaban J connectivity index is 2.04. The second-order valence-electron chi connectivity index (χ2n) is 4.08. The van der Waals surface area contributed by atoms with E-state index >= 15 is 0 Å². The zero-order valence-corrected chi connectivity index (χ0v) is 13.1. The molecule has 100 valence electrons.